The van der Waals surface area contributed by atoms with Crippen molar-refractivity contribution in [3.8, 4) is 17.2 Å². The Morgan fingerprint density at radius 1 is 1.05 bits per heavy atom. The van der Waals surface area contributed by atoms with Crippen molar-refractivity contribution >= 4 is 0 Å². The molecular formula is C13H16N2O4. The first-order valence-corrected chi connectivity index (χ1v) is 5.75. The maximum absolute atomic E-state index is 5.60. The second-order valence-corrected chi connectivity index (χ2v) is 3.83. The van der Waals surface area contributed by atoms with Crippen molar-refractivity contribution in [2.24, 2.45) is 5.73 Å². The molecule has 2 N–H and O–H groups in total. The van der Waals surface area contributed by atoms with Gasteiger partial charge < -0.3 is 24.5 Å². The van der Waals surface area contributed by atoms with Crippen molar-refractivity contribution in [3.05, 3.63) is 35.7 Å². The summed E-state index contributed by atoms with van der Waals surface area (Å²) in [5.41, 5.74) is 6.15. The normalized spacial score (nSPS) is 10.3. The Morgan fingerprint density at radius 2 is 1.68 bits per heavy atom. The van der Waals surface area contributed by atoms with E-state index in [4.69, 9.17) is 24.5 Å². The van der Waals surface area contributed by atoms with E-state index >= 15 is 0 Å². The third kappa shape index (κ3) is 3.38. The molecule has 0 spiro atoms. The van der Waals surface area contributed by atoms with Crippen molar-refractivity contribution in [2.45, 2.75) is 13.2 Å². The molecule has 1 heterocycles. The fourth-order valence-electron chi connectivity index (χ4n) is 1.54. The van der Waals surface area contributed by atoms with E-state index in [0.717, 1.165) is 0 Å². The summed E-state index contributed by atoms with van der Waals surface area (Å²) in [6.07, 6.45) is 0. The molecule has 19 heavy (non-hydrogen) atoms. The lowest BCUT2D eigenvalue weighted by molar-refractivity contribution is 0.246. The molecule has 6 nitrogen and oxygen atoms in total. The maximum atomic E-state index is 5.60. The molecule has 2 aromatic rings. The predicted molar refractivity (Wildman–Crippen MR) is 68.3 cm³/mol. The molecule has 0 aliphatic rings. The molecule has 0 aliphatic heterocycles. The molecule has 2 rings (SSSR count). The Hall–Kier alpha value is -2.21. The molecule has 0 radical (unpaired) electrons. The van der Waals surface area contributed by atoms with Gasteiger partial charge in [0.05, 0.1) is 19.9 Å². The van der Waals surface area contributed by atoms with Gasteiger partial charge in [0.25, 0.3) is 0 Å². The minimum absolute atomic E-state index is 0.267. The first-order valence-electron chi connectivity index (χ1n) is 5.75. The summed E-state index contributed by atoms with van der Waals surface area (Å²) in [6, 6.07) is 7.07. The number of rotatable bonds is 6. The summed E-state index contributed by atoms with van der Waals surface area (Å²) in [4.78, 5) is 0. The molecule has 102 valence electrons. The van der Waals surface area contributed by atoms with Crippen LogP contribution in [-0.4, -0.2) is 19.4 Å². The van der Waals surface area contributed by atoms with Gasteiger partial charge in [0.1, 0.15) is 23.9 Å². The number of nitrogens with zero attached hydrogens (tertiary/aromatic N) is 1. The zero-order valence-electron chi connectivity index (χ0n) is 10.9. The molecule has 6 heteroatoms. The average molecular weight is 264 g/mol. The molecule has 1 aromatic carbocycles. The fourth-order valence-corrected chi connectivity index (χ4v) is 1.54. The maximum Gasteiger partial charge on any atom is 0.174 e. The minimum atomic E-state index is 0.267. The van der Waals surface area contributed by atoms with Crippen LogP contribution in [0.15, 0.2) is 28.8 Å². The summed E-state index contributed by atoms with van der Waals surface area (Å²) in [5.74, 6) is 2.56. The molecule has 0 unspecified atom stereocenters. The van der Waals surface area contributed by atoms with E-state index in [2.05, 4.69) is 5.16 Å². The predicted octanol–water partition coefficient (Wildman–Crippen LogP) is 1.73. The van der Waals surface area contributed by atoms with Crippen molar-refractivity contribution in [1.29, 1.82) is 0 Å². The SMILES string of the molecule is COc1cc(OC)cc(OCc2cc(CN)no2)c1. The van der Waals surface area contributed by atoms with Crippen LogP contribution in [0.5, 0.6) is 17.2 Å². The molecule has 0 saturated heterocycles. The van der Waals surface area contributed by atoms with Gasteiger partial charge in [0, 0.05) is 30.8 Å². The summed E-state index contributed by atoms with van der Waals surface area (Å²) in [5, 5.41) is 3.79. The van der Waals surface area contributed by atoms with Crippen molar-refractivity contribution in [1.82, 2.24) is 5.16 Å². The lowest BCUT2D eigenvalue weighted by Gasteiger charge is -2.08. The van der Waals surface area contributed by atoms with Gasteiger partial charge in [-0.1, -0.05) is 5.16 Å². The molecule has 0 aliphatic carbocycles. The first kappa shape index (κ1) is 13.2. The summed E-state index contributed by atoms with van der Waals surface area (Å²) >= 11 is 0. The second-order valence-electron chi connectivity index (χ2n) is 3.83. The molecular weight excluding hydrogens is 248 g/mol. The van der Waals surface area contributed by atoms with E-state index < -0.39 is 0 Å². The highest BCUT2D eigenvalue weighted by Gasteiger charge is 2.06. The van der Waals surface area contributed by atoms with Crippen LogP contribution in [0.1, 0.15) is 11.5 Å². The van der Waals surface area contributed by atoms with Crippen LogP contribution in [0.2, 0.25) is 0 Å². The quantitative estimate of drug-likeness (QED) is 0.855. The highest BCUT2D eigenvalue weighted by Crippen LogP contribution is 2.27. The molecule has 0 bridgehead atoms. The monoisotopic (exact) mass is 264 g/mol. The Labute approximate surface area is 111 Å². The van der Waals surface area contributed by atoms with Crippen molar-refractivity contribution < 1.29 is 18.7 Å². The van der Waals surface area contributed by atoms with E-state index in [1.54, 1.807) is 38.5 Å². The van der Waals surface area contributed by atoms with Crippen molar-refractivity contribution in [3.63, 3.8) is 0 Å². The largest absolute Gasteiger partial charge is 0.496 e. The molecule has 0 fully saturated rings. The van der Waals surface area contributed by atoms with Gasteiger partial charge in [-0.25, -0.2) is 0 Å². The van der Waals surface area contributed by atoms with Crippen LogP contribution in [-0.2, 0) is 13.2 Å². The van der Waals surface area contributed by atoms with Crippen LogP contribution in [0.4, 0.5) is 0 Å². The standard InChI is InChI=1S/C13H16N2O4/c1-16-10-4-11(17-2)6-12(5-10)18-8-13-3-9(7-14)15-19-13/h3-6H,7-8,14H2,1-2H3. The molecule has 0 atom stereocenters. The number of hydrogen-bond donors (Lipinski definition) is 1. The number of nitrogens with two attached hydrogens (primary N) is 1. The highest BCUT2D eigenvalue weighted by atomic mass is 16.5. The zero-order chi connectivity index (χ0) is 13.7. The van der Waals surface area contributed by atoms with Gasteiger partial charge in [-0.15, -0.1) is 0 Å². The Morgan fingerprint density at radius 3 is 2.21 bits per heavy atom. The van der Waals surface area contributed by atoms with E-state index in [-0.39, 0.29) is 6.61 Å². The van der Waals surface area contributed by atoms with E-state index in [1.807, 2.05) is 0 Å². The van der Waals surface area contributed by atoms with Gasteiger partial charge in [-0.05, 0) is 0 Å². The lowest BCUT2D eigenvalue weighted by atomic mass is 10.3. The van der Waals surface area contributed by atoms with E-state index in [0.29, 0.717) is 35.2 Å². The number of methoxy groups -OCH3 is 2. The van der Waals surface area contributed by atoms with Gasteiger partial charge in [-0.2, -0.15) is 0 Å². The van der Waals surface area contributed by atoms with Gasteiger partial charge in [0.2, 0.25) is 0 Å². The Bertz CT molecular complexity index is 517. The molecule has 0 amide bonds. The summed E-state index contributed by atoms with van der Waals surface area (Å²) < 4.78 is 21.0. The van der Waals surface area contributed by atoms with Gasteiger partial charge in [-0.3, -0.25) is 0 Å². The van der Waals surface area contributed by atoms with Crippen LogP contribution >= 0.6 is 0 Å². The minimum Gasteiger partial charge on any atom is -0.496 e. The Kier molecular flexibility index (Phi) is 4.25. The van der Waals surface area contributed by atoms with Crippen LogP contribution in [0.25, 0.3) is 0 Å². The lowest BCUT2D eigenvalue weighted by Crippen LogP contribution is -1.96. The van der Waals surface area contributed by atoms with Crippen LogP contribution in [0.3, 0.4) is 0 Å². The smallest absolute Gasteiger partial charge is 0.174 e. The molecule has 1 aromatic heterocycles. The van der Waals surface area contributed by atoms with Gasteiger partial charge >= 0.3 is 0 Å². The second kappa shape index (κ2) is 6.10. The first-order chi connectivity index (χ1) is 9.25. The number of benzene rings is 1. The zero-order valence-corrected chi connectivity index (χ0v) is 10.9. The van der Waals surface area contributed by atoms with Gasteiger partial charge in [0.15, 0.2) is 5.76 Å². The Balaban J connectivity index is 2.05. The van der Waals surface area contributed by atoms with Crippen LogP contribution < -0.4 is 19.9 Å². The summed E-state index contributed by atoms with van der Waals surface area (Å²) in [7, 11) is 3.17. The van der Waals surface area contributed by atoms with Crippen molar-refractivity contribution in [2.75, 3.05) is 14.2 Å². The topological polar surface area (TPSA) is 79.7 Å². The third-order valence-corrected chi connectivity index (χ3v) is 2.52. The van der Waals surface area contributed by atoms with Crippen LogP contribution in [0, 0.1) is 0 Å². The van der Waals surface area contributed by atoms with E-state index in [9.17, 15) is 0 Å². The summed E-state index contributed by atoms with van der Waals surface area (Å²) in [6.45, 7) is 0.611. The number of hydrogen-bond acceptors (Lipinski definition) is 6. The number of ether oxygens (including phenoxy) is 3. The fraction of sp³-hybridized carbons (Fsp3) is 0.308. The van der Waals surface area contributed by atoms with E-state index in [1.165, 1.54) is 0 Å². The number of aromatic nitrogens is 1. The molecule has 0 saturated carbocycles. The average Bonchev–Trinajstić information content (AvgIpc) is 2.92. The highest BCUT2D eigenvalue weighted by molar-refractivity contribution is 5.42. The third-order valence-electron chi connectivity index (χ3n) is 2.52.